The van der Waals surface area contributed by atoms with E-state index in [4.69, 9.17) is 11.6 Å². The molecule has 0 amide bonds. The highest BCUT2D eigenvalue weighted by atomic mass is 35.5. The van der Waals surface area contributed by atoms with E-state index in [2.05, 4.69) is 10.0 Å². The predicted molar refractivity (Wildman–Crippen MR) is 79.7 cm³/mol. The van der Waals surface area contributed by atoms with Crippen LogP contribution in [-0.2, 0) is 10.2 Å². The van der Waals surface area contributed by atoms with Gasteiger partial charge in [-0.3, -0.25) is 4.72 Å². The van der Waals surface area contributed by atoms with E-state index in [1.165, 1.54) is 19.2 Å². The van der Waals surface area contributed by atoms with E-state index in [9.17, 15) is 12.8 Å². The largest absolute Gasteiger partial charge is 0.317 e. The highest BCUT2D eigenvalue weighted by Crippen LogP contribution is 2.25. The molecule has 0 aliphatic heterocycles. The van der Waals surface area contributed by atoms with Gasteiger partial charge in [-0.15, -0.1) is 0 Å². The molecule has 0 aliphatic carbocycles. The lowest BCUT2D eigenvalue weighted by molar-refractivity contribution is 0.459. The van der Waals surface area contributed by atoms with Crippen LogP contribution in [0.2, 0.25) is 5.02 Å². The molecule has 0 aromatic heterocycles. The average molecular weight is 324 g/mol. The Balaban J connectivity index is 2.69. The fraction of sp³-hybridized carbons (Fsp3) is 0.500. The van der Waals surface area contributed by atoms with Crippen LogP contribution in [0.4, 0.5) is 10.1 Å². The summed E-state index contributed by atoms with van der Waals surface area (Å²) in [7, 11) is -2.38. The van der Waals surface area contributed by atoms with E-state index in [1.807, 2.05) is 6.92 Å². The third-order valence-electron chi connectivity index (χ3n) is 2.68. The Bertz CT molecular complexity index is 519. The van der Waals surface area contributed by atoms with Crippen molar-refractivity contribution in [2.45, 2.75) is 13.3 Å². The lowest BCUT2D eigenvalue weighted by Crippen LogP contribution is -2.34. The summed E-state index contributed by atoms with van der Waals surface area (Å²) in [5, 5.41) is 3.12. The molecule has 0 unspecified atom stereocenters. The number of hydrogen-bond donors (Lipinski definition) is 2. The highest BCUT2D eigenvalue weighted by Gasteiger charge is 2.20. The van der Waals surface area contributed by atoms with E-state index in [-0.39, 0.29) is 10.7 Å². The number of hydrogen-bond acceptors (Lipinski definition) is 3. The quantitative estimate of drug-likeness (QED) is 0.720. The second-order valence-electron chi connectivity index (χ2n) is 4.23. The van der Waals surface area contributed by atoms with Crippen LogP contribution in [-0.4, -0.2) is 39.4 Å². The van der Waals surface area contributed by atoms with Gasteiger partial charge in [0.05, 0.1) is 5.02 Å². The first-order valence-electron chi connectivity index (χ1n) is 6.27. The van der Waals surface area contributed by atoms with Crippen molar-refractivity contribution in [2.75, 3.05) is 31.4 Å². The Hall–Kier alpha value is -0.890. The van der Waals surface area contributed by atoms with Crippen molar-refractivity contribution in [3.8, 4) is 0 Å². The van der Waals surface area contributed by atoms with Crippen LogP contribution >= 0.6 is 11.6 Å². The van der Waals surface area contributed by atoms with Crippen molar-refractivity contribution in [2.24, 2.45) is 0 Å². The molecule has 0 saturated heterocycles. The van der Waals surface area contributed by atoms with Gasteiger partial charge in [-0.25, -0.2) is 4.39 Å². The van der Waals surface area contributed by atoms with Crippen LogP contribution < -0.4 is 10.0 Å². The molecule has 1 aromatic rings. The third kappa shape index (κ3) is 4.90. The molecule has 1 rings (SSSR count). The predicted octanol–water partition coefficient (Wildman–Crippen LogP) is 2.07. The van der Waals surface area contributed by atoms with Gasteiger partial charge in [0, 0.05) is 13.6 Å². The molecule has 2 N–H and O–H groups in total. The van der Waals surface area contributed by atoms with Gasteiger partial charge in [-0.05, 0) is 31.6 Å². The summed E-state index contributed by atoms with van der Waals surface area (Å²) >= 11 is 5.79. The summed E-state index contributed by atoms with van der Waals surface area (Å²) in [6.45, 7) is 3.85. The Labute approximate surface area is 124 Å². The van der Waals surface area contributed by atoms with Crippen molar-refractivity contribution in [3.63, 3.8) is 0 Å². The standard InChI is InChI=1S/C12H19ClFN3O2S/c1-3-15-8-5-9-17(2)20(18,19)16-12-10(13)6-4-7-11(12)14/h4,6-7,15-16H,3,5,8-9H2,1-2H3. The zero-order chi connectivity index (χ0) is 15.2. The minimum absolute atomic E-state index is 0.0228. The van der Waals surface area contributed by atoms with Gasteiger partial charge in [0.2, 0.25) is 0 Å². The molecule has 0 atom stereocenters. The van der Waals surface area contributed by atoms with E-state index in [0.29, 0.717) is 13.0 Å². The van der Waals surface area contributed by atoms with Crippen LogP contribution in [0.1, 0.15) is 13.3 Å². The van der Waals surface area contributed by atoms with Gasteiger partial charge in [0.1, 0.15) is 11.5 Å². The molecule has 1 aromatic carbocycles. The highest BCUT2D eigenvalue weighted by molar-refractivity contribution is 7.90. The van der Waals surface area contributed by atoms with E-state index >= 15 is 0 Å². The summed E-state index contributed by atoms with van der Waals surface area (Å²) < 4.78 is 40.9. The summed E-state index contributed by atoms with van der Waals surface area (Å²) in [6, 6.07) is 3.98. The molecule has 0 radical (unpaired) electrons. The van der Waals surface area contributed by atoms with Gasteiger partial charge in [-0.2, -0.15) is 12.7 Å². The lowest BCUT2D eigenvalue weighted by Gasteiger charge is -2.19. The minimum atomic E-state index is -3.81. The zero-order valence-corrected chi connectivity index (χ0v) is 13.1. The molecular weight excluding hydrogens is 305 g/mol. The minimum Gasteiger partial charge on any atom is -0.317 e. The Morgan fingerprint density at radius 2 is 2.10 bits per heavy atom. The van der Waals surface area contributed by atoms with Gasteiger partial charge >= 0.3 is 10.2 Å². The second-order valence-corrected chi connectivity index (χ2v) is 6.42. The normalized spacial score (nSPS) is 11.8. The van der Waals surface area contributed by atoms with Crippen molar-refractivity contribution >= 4 is 27.5 Å². The summed E-state index contributed by atoms with van der Waals surface area (Å²) in [4.78, 5) is 0. The van der Waals surface area contributed by atoms with Crippen LogP contribution in [0, 0.1) is 5.82 Å². The molecule has 0 bridgehead atoms. The Kier molecular flexibility index (Phi) is 6.67. The second kappa shape index (κ2) is 7.78. The monoisotopic (exact) mass is 323 g/mol. The first-order valence-corrected chi connectivity index (χ1v) is 8.09. The number of rotatable bonds is 8. The maximum atomic E-state index is 13.6. The van der Waals surface area contributed by atoms with Crippen molar-refractivity contribution in [1.29, 1.82) is 0 Å². The van der Waals surface area contributed by atoms with Gasteiger partial charge in [0.25, 0.3) is 0 Å². The fourth-order valence-corrected chi connectivity index (χ4v) is 2.78. The third-order valence-corrected chi connectivity index (χ3v) is 4.46. The number of benzene rings is 1. The molecular formula is C12H19ClFN3O2S. The molecule has 5 nitrogen and oxygen atoms in total. The average Bonchev–Trinajstić information content (AvgIpc) is 2.39. The Morgan fingerprint density at radius 1 is 1.40 bits per heavy atom. The Morgan fingerprint density at radius 3 is 2.70 bits per heavy atom. The van der Waals surface area contributed by atoms with E-state index < -0.39 is 16.0 Å². The van der Waals surface area contributed by atoms with E-state index in [0.717, 1.165) is 23.5 Å². The first kappa shape index (κ1) is 17.2. The van der Waals surface area contributed by atoms with Crippen molar-refractivity contribution in [3.05, 3.63) is 29.0 Å². The van der Waals surface area contributed by atoms with Gasteiger partial charge in [0.15, 0.2) is 0 Å². The lowest BCUT2D eigenvalue weighted by atomic mass is 10.3. The van der Waals surface area contributed by atoms with Crippen molar-refractivity contribution < 1.29 is 12.8 Å². The number of nitrogens with one attached hydrogen (secondary N) is 2. The molecule has 114 valence electrons. The van der Waals surface area contributed by atoms with Crippen LogP contribution in [0.15, 0.2) is 18.2 Å². The van der Waals surface area contributed by atoms with Crippen LogP contribution in [0.3, 0.4) is 0 Å². The van der Waals surface area contributed by atoms with Crippen LogP contribution in [0.25, 0.3) is 0 Å². The fourth-order valence-electron chi connectivity index (χ4n) is 1.53. The smallest absolute Gasteiger partial charge is 0.301 e. The van der Waals surface area contributed by atoms with E-state index in [1.54, 1.807) is 0 Å². The maximum absolute atomic E-state index is 13.6. The molecule has 0 heterocycles. The summed E-state index contributed by atoms with van der Waals surface area (Å²) in [5.74, 6) is -0.706. The zero-order valence-electron chi connectivity index (χ0n) is 11.5. The topological polar surface area (TPSA) is 61.4 Å². The summed E-state index contributed by atoms with van der Waals surface area (Å²) in [6.07, 6.45) is 0.663. The number of halogens is 2. The van der Waals surface area contributed by atoms with Gasteiger partial charge < -0.3 is 5.32 Å². The molecule has 0 saturated carbocycles. The number of para-hydroxylation sites is 1. The SMILES string of the molecule is CCNCCCN(C)S(=O)(=O)Nc1c(F)cccc1Cl. The first-order chi connectivity index (χ1) is 9.38. The molecule has 20 heavy (non-hydrogen) atoms. The maximum Gasteiger partial charge on any atom is 0.301 e. The molecule has 0 aliphatic rings. The molecule has 0 fully saturated rings. The number of anilines is 1. The molecule has 0 spiro atoms. The van der Waals surface area contributed by atoms with Crippen LogP contribution in [0.5, 0.6) is 0 Å². The van der Waals surface area contributed by atoms with Crippen molar-refractivity contribution in [1.82, 2.24) is 9.62 Å². The summed E-state index contributed by atoms with van der Waals surface area (Å²) in [5.41, 5.74) is -0.229. The number of nitrogens with zero attached hydrogens (tertiary/aromatic N) is 1. The molecule has 8 heteroatoms. The van der Waals surface area contributed by atoms with Gasteiger partial charge in [-0.1, -0.05) is 24.6 Å².